The number of halogens is 2. The Balaban J connectivity index is 2.84. The van der Waals surface area contributed by atoms with Gasteiger partial charge in [0.25, 0.3) is 5.76 Å². The number of rotatable bonds is 6. The highest BCUT2D eigenvalue weighted by Crippen LogP contribution is 2.32. The second-order valence-electron chi connectivity index (χ2n) is 4.45. The first-order valence-electron chi connectivity index (χ1n) is 6.00. The molecular formula is C13H18F2N2OS. The van der Waals surface area contributed by atoms with E-state index >= 15 is 0 Å². The molecule has 1 amide bonds. The Bertz CT molecular complexity index is 427. The van der Waals surface area contributed by atoms with E-state index in [0.717, 1.165) is 0 Å². The van der Waals surface area contributed by atoms with Crippen molar-refractivity contribution in [3.8, 4) is 0 Å². The van der Waals surface area contributed by atoms with Gasteiger partial charge in [0.1, 0.15) is 0 Å². The summed E-state index contributed by atoms with van der Waals surface area (Å²) in [5.41, 5.74) is 5.96. The summed E-state index contributed by atoms with van der Waals surface area (Å²) >= 11 is 0.415. The van der Waals surface area contributed by atoms with Crippen LogP contribution < -0.4 is 11.1 Å². The number of carbonyl (C=O) groups is 1. The van der Waals surface area contributed by atoms with E-state index in [4.69, 9.17) is 5.73 Å². The summed E-state index contributed by atoms with van der Waals surface area (Å²) in [5.74, 6) is -2.99. The van der Waals surface area contributed by atoms with Gasteiger partial charge in [0.05, 0.1) is 11.6 Å². The van der Waals surface area contributed by atoms with E-state index in [9.17, 15) is 13.6 Å². The highest BCUT2D eigenvalue weighted by atomic mass is 32.2. The fourth-order valence-electron chi connectivity index (χ4n) is 1.68. The Morgan fingerprint density at radius 3 is 2.53 bits per heavy atom. The third kappa shape index (κ3) is 4.80. The molecule has 3 N–H and O–H groups in total. The van der Waals surface area contributed by atoms with E-state index < -0.39 is 5.76 Å². The number of amides is 1. The third-order valence-corrected chi connectivity index (χ3v) is 3.54. The molecule has 1 aromatic carbocycles. The Kier molecular flexibility index (Phi) is 6.24. The lowest BCUT2D eigenvalue weighted by Gasteiger charge is -2.19. The largest absolute Gasteiger partial charge is 0.330 e. The number of anilines is 1. The minimum atomic E-state index is -2.52. The van der Waals surface area contributed by atoms with E-state index in [0.29, 0.717) is 22.3 Å². The SMILES string of the molecule is CC(C)C(CN)C(=O)Nc1ccccc1SC(F)F. The predicted octanol–water partition coefficient (Wildman–Crippen LogP) is 3.17. The van der Waals surface area contributed by atoms with Gasteiger partial charge in [-0.2, -0.15) is 8.78 Å². The van der Waals surface area contributed by atoms with Crippen LogP contribution in [0.1, 0.15) is 13.8 Å². The lowest BCUT2D eigenvalue weighted by atomic mass is 9.95. The van der Waals surface area contributed by atoms with E-state index in [2.05, 4.69) is 5.32 Å². The first-order chi connectivity index (χ1) is 8.95. The smallest absolute Gasteiger partial charge is 0.288 e. The van der Waals surface area contributed by atoms with Crippen molar-refractivity contribution in [3.63, 3.8) is 0 Å². The average Bonchev–Trinajstić information content (AvgIpc) is 2.31. The highest BCUT2D eigenvalue weighted by molar-refractivity contribution is 7.99. The molecule has 106 valence electrons. The number of hydrogen-bond acceptors (Lipinski definition) is 3. The molecule has 0 heterocycles. The number of alkyl halides is 2. The Morgan fingerprint density at radius 2 is 2.00 bits per heavy atom. The van der Waals surface area contributed by atoms with Crippen LogP contribution in [0.15, 0.2) is 29.2 Å². The summed E-state index contributed by atoms with van der Waals surface area (Å²) < 4.78 is 24.8. The molecule has 0 aromatic heterocycles. The topological polar surface area (TPSA) is 55.1 Å². The molecule has 1 rings (SSSR count). The van der Waals surface area contributed by atoms with Crippen molar-refractivity contribution in [1.82, 2.24) is 0 Å². The Labute approximate surface area is 115 Å². The Morgan fingerprint density at radius 1 is 1.37 bits per heavy atom. The summed E-state index contributed by atoms with van der Waals surface area (Å²) in [7, 11) is 0. The molecule has 0 saturated heterocycles. The second kappa shape index (κ2) is 7.45. The van der Waals surface area contributed by atoms with Crippen molar-refractivity contribution < 1.29 is 13.6 Å². The van der Waals surface area contributed by atoms with E-state index in [-0.39, 0.29) is 24.3 Å². The van der Waals surface area contributed by atoms with Gasteiger partial charge in [0.2, 0.25) is 5.91 Å². The average molecular weight is 288 g/mol. The zero-order valence-corrected chi connectivity index (χ0v) is 11.7. The van der Waals surface area contributed by atoms with Gasteiger partial charge >= 0.3 is 0 Å². The first kappa shape index (κ1) is 15.9. The quantitative estimate of drug-likeness (QED) is 0.791. The van der Waals surface area contributed by atoms with Crippen LogP contribution in [0.3, 0.4) is 0 Å². The molecule has 0 saturated carbocycles. The van der Waals surface area contributed by atoms with Crippen molar-refractivity contribution in [2.45, 2.75) is 24.5 Å². The summed E-state index contributed by atoms with van der Waals surface area (Å²) in [6.45, 7) is 4.03. The molecule has 0 aliphatic carbocycles. The molecule has 0 spiro atoms. The number of carbonyl (C=O) groups excluding carboxylic acids is 1. The summed E-state index contributed by atoms with van der Waals surface area (Å²) in [5, 5.41) is 2.68. The molecule has 0 aliphatic rings. The minimum absolute atomic E-state index is 0.0971. The number of thioether (sulfide) groups is 1. The Hall–Kier alpha value is -1.14. The summed E-state index contributed by atoms with van der Waals surface area (Å²) in [6.07, 6.45) is 0. The molecule has 19 heavy (non-hydrogen) atoms. The van der Waals surface area contributed by atoms with Crippen molar-refractivity contribution in [2.24, 2.45) is 17.6 Å². The van der Waals surface area contributed by atoms with Crippen molar-refractivity contribution in [1.29, 1.82) is 0 Å². The van der Waals surface area contributed by atoms with Gasteiger partial charge in [0.15, 0.2) is 0 Å². The third-order valence-electron chi connectivity index (χ3n) is 2.76. The molecule has 3 nitrogen and oxygen atoms in total. The maximum absolute atomic E-state index is 12.4. The van der Waals surface area contributed by atoms with Gasteiger partial charge in [-0.05, 0) is 18.1 Å². The lowest BCUT2D eigenvalue weighted by molar-refractivity contribution is -0.120. The molecule has 0 radical (unpaired) electrons. The van der Waals surface area contributed by atoms with Crippen LogP contribution in [0.2, 0.25) is 0 Å². The number of nitrogens with one attached hydrogen (secondary N) is 1. The van der Waals surface area contributed by atoms with Gasteiger partial charge in [-0.1, -0.05) is 37.7 Å². The first-order valence-corrected chi connectivity index (χ1v) is 6.88. The standard InChI is InChI=1S/C13H18F2N2OS/c1-8(2)9(7-16)12(18)17-10-5-3-4-6-11(10)19-13(14)15/h3-6,8-9,13H,7,16H2,1-2H3,(H,17,18). The van der Waals surface area contributed by atoms with Crippen molar-refractivity contribution in [3.05, 3.63) is 24.3 Å². The van der Waals surface area contributed by atoms with Crippen LogP contribution in [0.5, 0.6) is 0 Å². The molecule has 6 heteroatoms. The molecule has 0 fully saturated rings. The van der Waals surface area contributed by atoms with Crippen molar-refractivity contribution in [2.75, 3.05) is 11.9 Å². The zero-order chi connectivity index (χ0) is 14.4. The van der Waals surface area contributed by atoms with Gasteiger partial charge in [-0.25, -0.2) is 0 Å². The molecule has 1 atom stereocenters. The number of hydrogen-bond donors (Lipinski definition) is 2. The highest BCUT2D eigenvalue weighted by Gasteiger charge is 2.21. The number of nitrogens with two attached hydrogens (primary N) is 1. The molecule has 1 aromatic rings. The maximum atomic E-state index is 12.4. The molecule has 1 unspecified atom stereocenters. The van der Waals surface area contributed by atoms with Gasteiger partial charge in [-0.15, -0.1) is 0 Å². The minimum Gasteiger partial charge on any atom is -0.330 e. The monoisotopic (exact) mass is 288 g/mol. The van der Waals surface area contributed by atoms with Crippen LogP contribution in [-0.2, 0) is 4.79 Å². The van der Waals surface area contributed by atoms with Crippen LogP contribution in [-0.4, -0.2) is 18.2 Å². The normalized spacial score (nSPS) is 12.8. The molecule has 0 aliphatic heterocycles. The fraction of sp³-hybridized carbons (Fsp3) is 0.462. The van der Waals surface area contributed by atoms with Crippen LogP contribution in [0.25, 0.3) is 0 Å². The van der Waals surface area contributed by atoms with E-state index in [1.165, 1.54) is 0 Å². The van der Waals surface area contributed by atoms with Gasteiger partial charge in [0, 0.05) is 11.4 Å². The van der Waals surface area contributed by atoms with Crippen LogP contribution in [0, 0.1) is 11.8 Å². The van der Waals surface area contributed by atoms with Crippen molar-refractivity contribution >= 4 is 23.4 Å². The molecule has 0 bridgehead atoms. The lowest BCUT2D eigenvalue weighted by Crippen LogP contribution is -2.33. The van der Waals surface area contributed by atoms with Crippen LogP contribution in [0.4, 0.5) is 14.5 Å². The number of para-hydroxylation sites is 1. The summed E-state index contributed by atoms with van der Waals surface area (Å²) in [4.78, 5) is 12.4. The summed E-state index contributed by atoms with van der Waals surface area (Å²) in [6, 6.07) is 6.51. The van der Waals surface area contributed by atoms with E-state index in [1.807, 2.05) is 13.8 Å². The predicted molar refractivity (Wildman–Crippen MR) is 74.3 cm³/mol. The van der Waals surface area contributed by atoms with Gasteiger partial charge in [-0.3, -0.25) is 4.79 Å². The zero-order valence-electron chi connectivity index (χ0n) is 10.9. The van der Waals surface area contributed by atoms with E-state index in [1.54, 1.807) is 24.3 Å². The van der Waals surface area contributed by atoms with Crippen LogP contribution >= 0.6 is 11.8 Å². The van der Waals surface area contributed by atoms with Gasteiger partial charge < -0.3 is 11.1 Å². The molecular weight excluding hydrogens is 270 g/mol. The fourth-order valence-corrected chi connectivity index (χ4v) is 2.27. The number of benzene rings is 1. The maximum Gasteiger partial charge on any atom is 0.288 e. The second-order valence-corrected chi connectivity index (χ2v) is 5.48.